The van der Waals surface area contributed by atoms with E-state index < -0.39 is 17.9 Å². The number of hydrogen-bond acceptors (Lipinski definition) is 4. The Bertz CT molecular complexity index is 684. The van der Waals surface area contributed by atoms with Gasteiger partial charge in [-0.3, -0.25) is 14.5 Å². The molecule has 1 aromatic rings. The molecule has 1 N–H and O–H groups in total. The number of carbonyl (C=O) groups is 2. The number of likely N-dealkylation sites (N-methyl/N-ethyl adjacent to an activating group) is 1. The summed E-state index contributed by atoms with van der Waals surface area (Å²) in [6.45, 7) is 1.82. The third kappa shape index (κ3) is 3.99. The molecule has 148 valence electrons. The van der Waals surface area contributed by atoms with Gasteiger partial charge >= 0.3 is 0 Å². The molecule has 6 nitrogen and oxygen atoms in total. The first-order valence-electron chi connectivity index (χ1n) is 9.59. The van der Waals surface area contributed by atoms with Gasteiger partial charge < -0.3 is 15.0 Å². The highest BCUT2D eigenvalue weighted by Crippen LogP contribution is 2.33. The Hall–Kier alpha value is -1.99. The maximum Gasteiger partial charge on any atom is 0.241 e. The Morgan fingerprint density at radius 1 is 1.26 bits per heavy atom. The van der Waals surface area contributed by atoms with Crippen LogP contribution < -0.4 is 5.32 Å². The standard InChI is InChI=1S/C20H28FN3O3/c1-22-19(25)18(15-8-3-4-9-16(15)21)24-12-6-10-17(24)20(26)23-11-5-7-14(23)13-27-2/h3-4,8-9,14,17-18H,5-7,10-13H2,1-2H3,(H,22,25)/t14-,17+,18-/m1/s1. The number of hydrogen-bond donors (Lipinski definition) is 1. The van der Waals surface area contributed by atoms with Gasteiger partial charge in [0.25, 0.3) is 0 Å². The molecule has 0 bridgehead atoms. The molecule has 2 amide bonds. The van der Waals surface area contributed by atoms with Crippen LogP contribution in [0.3, 0.4) is 0 Å². The van der Waals surface area contributed by atoms with Crippen molar-refractivity contribution < 1.29 is 18.7 Å². The van der Waals surface area contributed by atoms with Crippen molar-refractivity contribution in [1.82, 2.24) is 15.1 Å². The van der Waals surface area contributed by atoms with Crippen molar-refractivity contribution in [2.75, 3.05) is 33.9 Å². The summed E-state index contributed by atoms with van der Waals surface area (Å²) in [7, 11) is 3.18. The van der Waals surface area contributed by atoms with Crippen LogP contribution in [0.1, 0.15) is 37.3 Å². The monoisotopic (exact) mass is 377 g/mol. The predicted molar refractivity (Wildman–Crippen MR) is 99.5 cm³/mol. The molecular formula is C20H28FN3O3. The van der Waals surface area contributed by atoms with Gasteiger partial charge in [-0.25, -0.2) is 4.39 Å². The highest BCUT2D eigenvalue weighted by atomic mass is 19.1. The number of benzene rings is 1. The van der Waals surface area contributed by atoms with Gasteiger partial charge in [-0.15, -0.1) is 0 Å². The molecule has 3 rings (SSSR count). The number of carbonyl (C=O) groups excluding carboxylic acids is 2. The number of likely N-dealkylation sites (tertiary alicyclic amines) is 2. The highest BCUT2D eigenvalue weighted by molar-refractivity contribution is 5.86. The lowest BCUT2D eigenvalue weighted by Crippen LogP contribution is -2.51. The van der Waals surface area contributed by atoms with Crippen molar-refractivity contribution in [2.24, 2.45) is 0 Å². The SMILES string of the molecule is CNC(=O)[C@@H](c1ccccc1F)N1CCC[C@H]1C(=O)N1CCC[C@@H]1COC. The van der Waals surface area contributed by atoms with Crippen molar-refractivity contribution in [3.63, 3.8) is 0 Å². The zero-order valence-electron chi connectivity index (χ0n) is 16.0. The summed E-state index contributed by atoms with van der Waals surface area (Å²) in [5.41, 5.74) is 0.311. The summed E-state index contributed by atoms with van der Waals surface area (Å²) in [4.78, 5) is 29.7. The van der Waals surface area contributed by atoms with Crippen molar-refractivity contribution in [3.05, 3.63) is 35.6 Å². The molecule has 2 saturated heterocycles. The summed E-state index contributed by atoms with van der Waals surface area (Å²) < 4.78 is 19.7. The van der Waals surface area contributed by atoms with Gasteiger partial charge in [-0.2, -0.15) is 0 Å². The molecule has 7 heteroatoms. The Balaban J connectivity index is 1.87. The van der Waals surface area contributed by atoms with Crippen molar-refractivity contribution in [3.8, 4) is 0 Å². The molecular weight excluding hydrogens is 349 g/mol. The van der Waals surface area contributed by atoms with Crippen molar-refractivity contribution in [1.29, 1.82) is 0 Å². The molecule has 0 radical (unpaired) electrons. The van der Waals surface area contributed by atoms with Crippen LogP contribution in [-0.2, 0) is 14.3 Å². The van der Waals surface area contributed by atoms with Crippen LogP contribution in [-0.4, -0.2) is 67.6 Å². The zero-order chi connectivity index (χ0) is 19.4. The van der Waals surface area contributed by atoms with Crippen LogP contribution in [0, 0.1) is 5.82 Å². The second-order valence-electron chi connectivity index (χ2n) is 7.22. The number of halogens is 1. The van der Waals surface area contributed by atoms with Crippen LogP contribution in [0.25, 0.3) is 0 Å². The summed E-state index contributed by atoms with van der Waals surface area (Å²) in [5.74, 6) is -0.699. The number of methoxy groups -OCH3 is 1. The van der Waals surface area contributed by atoms with E-state index >= 15 is 0 Å². The van der Waals surface area contributed by atoms with Crippen molar-refractivity contribution >= 4 is 11.8 Å². The summed E-state index contributed by atoms with van der Waals surface area (Å²) >= 11 is 0. The van der Waals surface area contributed by atoms with E-state index in [1.807, 2.05) is 9.80 Å². The Morgan fingerprint density at radius 2 is 2.00 bits per heavy atom. The number of amides is 2. The fourth-order valence-corrected chi connectivity index (χ4v) is 4.35. The van der Waals surface area contributed by atoms with Gasteiger partial charge in [0.1, 0.15) is 11.9 Å². The number of nitrogens with zero attached hydrogens (tertiary/aromatic N) is 2. The lowest BCUT2D eigenvalue weighted by Gasteiger charge is -2.35. The molecule has 2 aliphatic rings. The average molecular weight is 377 g/mol. The van der Waals surface area contributed by atoms with E-state index in [1.165, 1.54) is 13.1 Å². The molecule has 0 aromatic heterocycles. The molecule has 0 unspecified atom stereocenters. The number of ether oxygens (including phenoxy) is 1. The van der Waals surface area contributed by atoms with Gasteiger partial charge in [0.15, 0.2) is 0 Å². The molecule has 27 heavy (non-hydrogen) atoms. The maximum absolute atomic E-state index is 14.5. The summed E-state index contributed by atoms with van der Waals surface area (Å²) in [5, 5.41) is 2.63. The van der Waals surface area contributed by atoms with Gasteiger partial charge in [0.2, 0.25) is 11.8 Å². The molecule has 3 atom stereocenters. The molecule has 0 spiro atoms. The van der Waals surface area contributed by atoms with Gasteiger partial charge in [0.05, 0.1) is 18.7 Å². The molecule has 0 saturated carbocycles. The van der Waals surface area contributed by atoms with E-state index in [2.05, 4.69) is 5.32 Å². The fourth-order valence-electron chi connectivity index (χ4n) is 4.35. The van der Waals surface area contributed by atoms with E-state index in [4.69, 9.17) is 4.74 Å². The minimum Gasteiger partial charge on any atom is -0.383 e. The average Bonchev–Trinajstić information content (AvgIpc) is 3.33. The third-order valence-corrected chi connectivity index (χ3v) is 5.62. The molecule has 1 aromatic carbocycles. The second kappa shape index (κ2) is 8.80. The minimum absolute atomic E-state index is 0.0253. The first kappa shape index (κ1) is 19.8. The van der Waals surface area contributed by atoms with E-state index in [0.717, 1.165) is 19.3 Å². The lowest BCUT2D eigenvalue weighted by molar-refractivity contribution is -0.140. The molecule has 2 fully saturated rings. The first-order valence-corrected chi connectivity index (χ1v) is 9.59. The Morgan fingerprint density at radius 3 is 2.70 bits per heavy atom. The Kier molecular flexibility index (Phi) is 6.44. The van der Waals surface area contributed by atoms with Crippen LogP contribution in [0.15, 0.2) is 24.3 Å². The van der Waals surface area contributed by atoms with Crippen LogP contribution in [0.4, 0.5) is 4.39 Å². The fraction of sp³-hybridized carbons (Fsp3) is 0.600. The topological polar surface area (TPSA) is 61.9 Å². The van der Waals surface area contributed by atoms with Crippen LogP contribution >= 0.6 is 0 Å². The smallest absolute Gasteiger partial charge is 0.241 e. The number of rotatable bonds is 6. The van der Waals surface area contributed by atoms with Crippen LogP contribution in [0.5, 0.6) is 0 Å². The normalized spacial score (nSPS) is 24.2. The van der Waals surface area contributed by atoms with Gasteiger partial charge in [0, 0.05) is 32.8 Å². The molecule has 2 aliphatic heterocycles. The van der Waals surface area contributed by atoms with E-state index in [-0.39, 0.29) is 17.9 Å². The highest BCUT2D eigenvalue weighted by Gasteiger charge is 2.43. The van der Waals surface area contributed by atoms with Crippen molar-refractivity contribution in [2.45, 2.75) is 43.8 Å². The summed E-state index contributed by atoms with van der Waals surface area (Å²) in [6.07, 6.45) is 3.37. The largest absolute Gasteiger partial charge is 0.383 e. The first-order chi connectivity index (χ1) is 13.1. The van der Waals surface area contributed by atoms with Gasteiger partial charge in [-0.05, 0) is 31.7 Å². The number of nitrogens with one attached hydrogen (secondary N) is 1. The third-order valence-electron chi connectivity index (χ3n) is 5.62. The molecule has 2 heterocycles. The minimum atomic E-state index is -0.809. The molecule has 0 aliphatic carbocycles. The quantitative estimate of drug-likeness (QED) is 0.820. The predicted octanol–water partition coefficient (Wildman–Crippen LogP) is 1.71. The van der Waals surface area contributed by atoms with Gasteiger partial charge in [-0.1, -0.05) is 18.2 Å². The van der Waals surface area contributed by atoms with E-state index in [1.54, 1.807) is 25.3 Å². The Labute approximate surface area is 159 Å². The lowest BCUT2D eigenvalue weighted by atomic mass is 10.0. The van der Waals surface area contributed by atoms with E-state index in [0.29, 0.717) is 31.7 Å². The second-order valence-corrected chi connectivity index (χ2v) is 7.22. The zero-order valence-corrected chi connectivity index (χ0v) is 16.0. The van der Waals surface area contributed by atoms with Crippen LogP contribution in [0.2, 0.25) is 0 Å². The van der Waals surface area contributed by atoms with E-state index in [9.17, 15) is 14.0 Å². The summed E-state index contributed by atoms with van der Waals surface area (Å²) in [6, 6.07) is 5.16. The maximum atomic E-state index is 14.5.